The van der Waals surface area contributed by atoms with E-state index in [4.69, 9.17) is 9.26 Å². The summed E-state index contributed by atoms with van der Waals surface area (Å²) in [5.41, 5.74) is -0.845. The van der Waals surface area contributed by atoms with Crippen LogP contribution in [0, 0.1) is 35.0 Å². The Hall–Kier alpha value is -1.70. The molecule has 4 bridgehead atoms. The molecule has 0 saturated heterocycles. The van der Waals surface area contributed by atoms with Crippen LogP contribution in [0.3, 0.4) is 0 Å². The van der Waals surface area contributed by atoms with Crippen molar-refractivity contribution in [3.63, 3.8) is 0 Å². The van der Waals surface area contributed by atoms with Gasteiger partial charge in [0, 0.05) is 11.8 Å². The molecule has 0 aromatic carbocycles. The Bertz CT molecular complexity index is 850. The van der Waals surface area contributed by atoms with Gasteiger partial charge in [-0.15, -0.1) is 11.8 Å². The first-order valence-electron chi connectivity index (χ1n) is 12.1. The summed E-state index contributed by atoms with van der Waals surface area (Å²) in [7, 11) is 0. The Morgan fingerprint density at radius 2 is 1.84 bits per heavy atom. The van der Waals surface area contributed by atoms with E-state index in [1.54, 1.807) is 0 Å². The number of hydrogen-bond acceptors (Lipinski definition) is 6. The summed E-state index contributed by atoms with van der Waals surface area (Å²) in [5, 5.41) is 16.9. The molecular formula is C24H34N2O5S. The molecule has 0 aliphatic heterocycles. The summed E-state index contributed by atoms with van der Waals surface area (Å²) in [6, 6.07) is 0.220. The molecule has 5 saturated carbocycles. The van der Waals surface area contributed by atoms with Crippen LogP contribution in [0.15, 0.2) is 9.42 Å². The lowest BCUT2D eigenvalue weighted by Crippen LogP contribution is -2.55. The van der Waals surface area contributed by atoms with Crippen molar-refractivity contribution in [2.45, 2.75) is 76.2 Å². The number of carbonyl (C=O) groups excluding carboxylic acids is 1. The van der Waals surface area contributed by atoms with E-state index in [9.17, 15) is 14.7 Å². The van der Waals surface area contributed by atoms with Crippen LogP contribution in [-0.4, -0.2) is 40.5 Å². The van der Waals surface area contributed by atoms with Crippen molar-refractivity contribution >= 4 is 23.6 Å². The van der Waals surface area contributed by atoms with Crippen LogP contribution < -0.4 is 10.1 Å². The quantitative estimate of drug-likeness (QED) is 0.517. The monoisotopic (exact) mass is 462 g/mol. The molecule has 1 aromatic rings. The second-order valence-electron chi connectivity index (χ2n) is 11.0. The molecule has 1 aromatic heterocycles. The number of nitrogens with one attached hydrogen (secondary N) is 1. The predicted molar refractivity (Wildman–Crippen MR) is 120 cm³/mol. The Morgan fingerprint density at radius 1 is 1.19 bits per heavy atom. The van der Waals surface area contributed by atoms with Gasteiger partial charge < -0.3 is 19.7 Å². The fourth-order valence-electron chi connectivity index (χ4n) is 6.49. The van der Waals surface area contributed by atoms with Crippen LogP contribution >= 0.6 is 11.8 Å². The van der Waals surface area contributed by atoms with E-state index in [2.05, 4.69) is 24.3 Å². The van der Waals surface area contributed by atoms with Crippen molar-refractivity contribution in [1.29, 1.82) is 0 Å². The molecule has 0 spiro atoms. The van der Waals surface area contributed by atoms with Gasteiger partial charge in [0.15, 0.2) is 0 Å². The highest BCUT2D eigenvalue weighted by Gasteiger charge is 2.49. The van der Waals surface area contributed by atoms with Gasteiger partial charge in [-0.05, 0) is 79.7 Å². The zero-order valence-corrected chi connectivity index (χ0v) is 19.8. The predicted octanol–water partition coefficient (Wildman–Crippen LogP) is 4.61. The van der Waals surface area contributed by atoms with Crippen molar-refractivity contribution in [3.05, 3.63) is 5.76 Å². The molecule has 6 rings (SSSR count). The third-order valence-corrected chi connectivity index (χ3v) is 9.64. The number of carboxylic acid groups (broad SMARTS) is 1. The van der Waals surface area contributed by atoms with E-state index >= 15 is 0 Å². The zero-order valence-electron chi connectivity index (χ0n) is 19.0. The van der Waals surface area contributed by atoms with E-state index in [0.29, 0.717) is 35.5 Å². The number of ether oxygens (including phenoxy) is 1. The van der Waals surface area contributed by atoms with Crippen LogP contribution in [0.25, 0.3) is 0 Å². The molecule has 176 valence electrons. The minimum absolute atomic E-state index is 0.0563. The van der Waals surface area contributed by atoms with Gasteiger partial charge in [-0.2, -0.15) is 0 Å². The van der Waals surface area contributed by atoms with Crippen molar-refractivity contribution < 1.29 is 24.0 Å². The number of rotatable bonds is 9. The highest BCUT2D eigenvalue weighted by molar-refractivity contribution is 7.99. The van der Waals surface area contributed by atoms with E-state index in [1.807, 2.05) is 0 Å². The average Bonchev–Trinajstić information content (AvgIpc) is 3.10. The molecule has 2 N–H and O–H groups in total. The van der Waals surface area contributed by atoms with E-state index < -0.39 is 11.4 Å². The molecule has 32 heavy (non-hydrogen) atoms. The van der Waals surface area contributed by atoms with Gasteiger partial charge in [0.25, 0.3) is 11.8 Å². The molecule has 8 heteroatoms. The third kappa shape index (κ3) is 4.03. The number of hydrogen-bond donors (Lipinski definition) is 2. The first-order valence-corrected chi connectivity index (χ1v) is 13.1. The topological polar surface area (TPSA) is 102 Å². The second-order valence-corrected chi connectivity index (χ2v) is 12.0. The molecule has 5 aliphatic rings. The van der Waals surface area contributed by atoms with E-state index in [0.717, 1.165) is 24.0 Å². The third-order valence-electron chi connectivity index (χ3n) is 8.16. The lowest BCUT2D eigenvalue weighted by molar-refractivity contribution is -0.157. The first kappa shape index (κ1) is 22.1. The Labute approximate surface area is 193 Å². The van der Waals surface area contributed by atoms with E-state index in [1.165, 1.54) is 43.9 Å². The molecule has 0 radical (unpaired) electrons. The molecule has 1 amide bonds. The number of thioether (sulfide) groups is 1. The number of aromatic nitrogens is 1. The maximum absolute atomic E-state index is 13.3. The second kappa shape index (κ2) is 8.58. The number of carbonyl (C=O) groups is 2. The minimum atomic E-state index is -0.845. The fourth-order valence-corrected chi connectivity index (χ4v) is 7.47. The van der Waals surface area contributed by atoms with Crippen LogP contribution in [0.1, 0.15) is 75.8 Å². The lowest BCUT2D eigenvalue weighted by Gasteiger charge is -2.54. The molecular weight excluding hydrogens is 428 g/mol. The van der Waals surface area contributed by atoms with Gasteiger partial charge >= 0.3 is 5.97 Å². The highest BCUT2D eigenvalue weighted by atomic mass is 32.2. The summed E-state index contributed by atoms with van der Waals surface area (Å²) >= 11 is 1.50. The zero-order chi connectivity index (χ0) is 22.5. The van der Waals surface area contributed by atoms with Gasteiger partial charge in [0.2, 0.25) is 5.76 Å². The Kier molecular flexibility index (Phi) is 5.93. The van der Waals surface area contributed by atoms with Gasteiger partial charge in [-0.3, -0.25) is 9.59 Å². The molecule has 7 nitrogen and oxygen atoms in total. The maximum Gasteiger partial charge on any atom is 0.313 e. The number of aliphatic carboxylic acids is 1. The molecule has 0 unspecified atom stereocenters. The van der Waals surface area contributed by atoms with Crippen LogP contribution in [-0.2, 0) is 4.79 Å². The number of amides is 1. The van der Waals surface area contributed by atoms with Crippen LogP contribution in [0.2, 0.25) is 0 Å². The SMILES string of the molecule is CC(C)CSc1c(OCC2(C(=O)O)CCC2)noc1C(=O)NC1C2CC3CC(C2)CC1C3. The summed E-state index contributed by atoms with van der Waals surface area (Å²) in [6.45, 7) is 4.28. The van der Waals surface area contributed by atoms with Crippen molar-refractivity contribution in [2.75, 3.05) is 12.4 Å². The van der Waals surface area contributed by atoms with Crippen LogP contribution in [0.4, 0.5) is 0 Å². The smallest absolute Gasteiger partial charge is 0.313 e. The normalized spacial score (nSPS) is 32.0. The van der Waals surface area contributed by atoms with Crippen molar-refractivity contribution in [1.82, 2.24) is 10.5 Å². The molecule has 5 aliphatic carbocycles. The molecule has 0 atom stereocenters. The van der Waals surface area contributed by atoms with Gasteiger partial charge in [0.05, 0.1) is 0 Å². The Balaban J connectivity index is 1.31. The lowest BCUT2D eigenvalue weighted by atomic mass is 9.54. The summed E-state index contributed by atoms with van der Waals surface area (Å²) < 4.78 is 11.4. The van der Waals surface area contributed by atoms with Gasteiger partial charge in [0.1, 0.15) is 16.9 Å². The summed E-state index contributed by atoms with van der Waals surface area (Å²) in [6.07, 6.45) is 8.41. The maximum atomic E-state index is 13.3. The van der Waals surface area contributed by atoms with Crippen LogP contribution in [0.5, 0.6) is 5.88 Å². The summed E-state index contributed by atoms with van der Waals surface area (Å²) in [5.74, 6) is 3.47. The van der Waals surface area contributed by atoms with Crippen molar-refractivity contribution in [3.8, 4) is 5.88 Å². The number of carboxylic acids is 1. The first-order chi connectivity index (χ1) is 15.3. The standard InChI is InChI=1S/C24H34N2O5S/c1-13(2)11-32-20-19(31-26-22(20)30-12-24(23(28)29)4-3-5-24)21(27)25-18-16-7-14-6-15(9-16)10-17(18)8-14/h13-18H,3-12H2,1-2H3,(H,25,27)(H,28,29). The van der Waals surface area contributed by atoms with Gasteiger partial charge in [-0.25, -0.2) is 0 Å². The number of nitrogens with zero attached hydrogens (tertiary/aromatic N) is 1. The highest BCUT2D eigenvalue weighted by Crippen LogP contribution is 2.53. The average molecular weight is 463 g/mol. The largest absolute Gasteiger partial charge is 0.481 e. The van der Waals surface area contributed by atoms with Crippen molar-refractivity contribution in [2.24, 2.45) is 35.0 Å². The molecule has 1 heterocycles. The molecule has 5 fully saturated rings. The minimum Gasteiger partial charge on any atom is -0.481 e. The fraction of sp³-hybridized carbons (Fsp3) is 0.792. The van der Waals surface area contributed by atoms with Gasteiger partial charge in [-0.1, -0.05) is 20.3 Å². The van der Waals surface area contributed by atoms with E-state index in [-0.39, 0.29) is 30.2 Å². The summed E-state index contributed by atoms with van der Waals surface area (Å²) in [4.78, 5) is 25.6. The Morgan fingerprint density at radius 3 is 2.38 bits per heavy atom.